The van der Waals surface area contributed by atoms with E-state index in [1.54, 1.807) is 0 Å². The Balaban J connectivity index is 1.56. The second-order valence-corrected chi connectivity index (χ2v) is 9.79. The number of aliphatic hydroxyl groups is 8. The minimum atomic E-state index is -1.60. The molecule has 0 bridgehead atoms. The number of carbonyl (C=O) groups excluding carboxylic acids is 3. The number of rotatable bonds is 17. The van der Waals surface area contributed by atoms with E-state index in [0.717, 1.165) is 0 Å². The van der Waals surface area contributed by atoms with E-state index in [-0.39, 0.29) is 38.5 Å². The molecule has 0 radical (unpaired) electrons. The number of carbonyl (C=O) groups is 3. The SMILES string of the molecule is O=C[C@H](CCCCNC(=O)CCO[C@@H]1OC(CO)[C@H](O)C(O)C1O)NC(=O)CCOC1OC(CO)[C@H](O)C(O)C1O. The van der Waals surface area contributed by atoms with E-state index in [2.05, 4.69) is 10.6 Å². The number of nitrogens with one attached hydrogen (secondary N) is 2. The van der Waals surface area contributed by atoms with Gasteiger partial charge in [-0.15, -0.1) is 0 Å². The molecule has 0 saturated carbocycles. The van der Waals surface area contributed by atoms with Crippen LogP contribution in [0.1, 0.15) is 32.1 Å². The van der Waals surface area contributed by atoms with Crippen LogP contribution in [0.2, 0.25) is 0 Å². The Hall–Kier alpha value is -1.87. The standard InChI is InChI=1S/C24H42N2O15/c27-9-12(26-16(31)5-8-39-24-22(37)20(35)18(33)14(11-29)41-24)3-1-2-6-25-15(30)4-7-38-23-21(36)19(34)17(32)13(10-28)40-23/h9,12-14,17-24,28-29,32-37H,1-8,10-11H2,(H,25,30)(H,26,31)/t12-,13?,14?,17-,18-,19?,20?,21?,22?,23+,24?/m0/s1. The van der Waals surface area contributed by atoms with E-state index in [9.17, 15) is 55.2 Å². The third kappa shape index (κ3) is 10.7. The summed E-state index contributed by atoms with van der Waals surface area (Å²) in [5.41, 5.74) is 0. The van der Waals surface area contributed by atoms with Gasteiger partial charge in [0.25, 0.3) is 0 Å². The van der Waals surface area contributed by atoms with Crippen LogP contribution in [0.4, 0.5) is 0 Å². The van der Waals surface area contributed by atoms with E-state index in [1.807, 2.05) is 0 Å². The van der Waals surface area contributed by atoms with E-state index in [4.69, 9.17) is 18.9 Å². The maximum atomic E-state index is 12.1. The van der Waals surface area contributed by atoms with Gasteiger partial charge in [-0.2, -0.15) is 0 Å². The van der Waals surface area contributed by atoms with Gasteiger partial charge in [-0.25, -0.2) is 0 Å². The summed E-state index contributed by atoms with van der Waals surface area (Å²) in [5.74, 6) is -0.881. The molecule has 0 spiro atoms. The van der Waals surface area contributed by atoms with E-state index < -0.39 is 86.6 Å². The molecular weight excluding hydrogens is 556 g/mol. The van der Waals surface area contributed by atoms with Gasteiger partial charge in [-0.1, -0.05) is 0 Å². The quantitative estimate of drug-likeness (QED) is 0.0552. The summed E-state index contributed by atoms with van der Waals surface area (Å²) < 4.78 is 20.9. The second-order valence-electron chi connectivity index (χ2n) is 9.79. The summed E-state index contributed by atoms with van der Waals surface area (Å²) in [6, 6.07) is -0.780. The van der Waals surface area contributed by atoms with Gasteiger partial charge in [0.05, 0.1) is 45.3 Å². The van der Waals surface area contributed by atoms with Crippen molar-refractivity contribution in [3.8, 4) is 0 Å². The van der Waals surface area contributed by atoms with Crippen molar-refractivity contribution in [3.63, 3.8) is 0 Å². The molecule has 0 aromatic heterocycles. The molecule has 2 heterocycles. The zero-order valence-electron chi connectivity index (χ0n) is 22.4. The van der Waals surface area contributed by atoms with Gasteiger partial charge in [-0.05, 0) is 19.3 Å². The molecule has 2 aliphatic heterocycles. The van der Waals surface area contributed by atoms with Crippen LogP contribution < -0.4 is 10.6 Å². The summed E-state index contributed by atoms with van der Waals surface area (Å²) in [6.07, 6.45) is -12.7. The number of hydrogen-bond acceptors (Lipinski definition) is 15. The maximum Gasteiger partial charge on any atom is 0.222 e. The molecule has 2 rings (SSSR count). The highest BCUT2D eigenvalue weighted by molar-refractivity contribution is 5.79. The topological polar surface area (TPSA) is 274 Å². The number of ether oxygens (including phenoxy) is 4. The van der Waals surface area contributed by atoms with Crippen molar-refractivity contribution in [1.29, 1.82) is 0 Å². The summed E-state index contributed by atoms with van der Waals surface area (Å²) in [4.78, 5) is 35.5. The van der Waals surface area contributed by atoms with Crippen LogP contribution in [0, 0.1) is 0 Å². The molecule has 2 aliphatic rings. The highest BCUT2D eigenvalue weighted by Crippen LogP contribution is 2.23. The average molecular weight is 599 g/mol. The number of aliphatic hydroxyl groups excluding tert-OH is 8. The van der Waals surface area contributed by atoms with Crippen molar-refractivity contribution >= 4 is 18.1 Å². The summed E-state index contributed by atoms with van der Waals surface area (Å²) in [5, 5.41) is 82.4. The zero-order chi connectivity index (χ0) is 30.5. The molecule has 238 valence electrons. The highest BCUT2D eigenvalue weighted by Gasteiger charge is 2.45. The van der Waals surface area contributed by atoms with Gasteiger partial charge in [0.15, 0.2) is 12.6 Å². The van der Waals surface area contributed by atoms with Crippen LogP contribution in [0.15, 0.2) is 0 Å². The van der Waals surface area contributed by atoms with Crippen LogP contribution >= 0.6 is 0 Å². The molecule has 17 nitrogen and oxygen atoms in total. The first kappa shape index (κ1) is 35.3. The van der Waals surface area contributed by atoms with Crippen molar-refractivity contribution < 1.29 is 74.2 Å². The Labute approximate surface area is 236 Å². The molecule has 2 saturated heterocycles. The van der Waals surface area contributed by atoms with Crippen molar-refractivity contribution in [2.75, 3.05) is 33.0 Å². The Kier molecular flexibility index (Phi) is 15.5. The third-order valence-electron chi connectivity index (χ3n) is 6.69. The van der Waals surface area contributed by atoms with Crippen LogP contribution in [-0.4, -0.2) is 159 Å². The van der Waals surface area contributed by atoms with Crippen LogP contribution in [0.25, 0.3) is 0 Å². The summed E-state index contributed by atoms with van der Waals surface area (Å²) in [7, 11) is 0. The number of hydrogen-bond donors (Lipinski definition) is 10. The van der Waals surface area contributed by atoms with Crippen molar-refractivity contribution in [2.24, 2.45) is 0 Å². The summed E-state index contributed by atoms with van der Waals surface area (Å²) in [6.45, 7) is -1.32. The second kappa shape index (κ2) is 17.9. The normalized spacial score (nSPS) is 34.5. The Morgan fingerprint density at radius 1 is 0.732 bits per heavy atom. The van der Waals surface area contributed by atoms with Crippen LogP contribution in [0.3, 0.4) is 0 Å². The van der Waals surface area contributed by atoms with Gasteiger partial charge in [-0.3, -0.25) is 9.59 Å². The van der Waals surface area contributed by atoms with Gasteiger partial charge in [0.1, 0.15) is 55.1 Å². The third-order valence-corrected chi connectivity index (χ3v) is 6.69. The molecule has 0 aromatic carbocycles. The number of amides is 2. The van der Waals surface area contributed by atoms with E-state index in [0.29, 0.717) is 25.5 Å². The molecule has 0 aromatic rings. The zero-order valence-corrected chi connectivity index (χ0v) is 22.4. The molecule has 7 unspecified atom stereocenters. The Morgan fingerprint density at radius 2 is 1.22 bits per heavy atom. The van der Waals surface area contributed by atoms with Crippen molar-refractivity contribution in [2.45, 2.75) is 99.6 Å². The molecule has 2 amide bonds. The molecule has 10 N–H and O–H groups in total. The Bertz CT molecular complexity index is 803. The lowest BCUT2D eigenvalue weighted by molar-refractivity contribution is -0.300. The predicted octanol–water partition coefficient (Wildman–Crippen LogP) is -5.63. The summed E-state index contributed by atoms with van der Waals surface area (Å²) >= 11 is 0. The number of aldehydes is 1. The fraction of sp³-hybridized carbons (Fsp3) is 0.875. The lowest BCUT2D eigenvalue weighted by Crippen LogP contribution is -2.59. The van der Waals surface area contributed by atoms with Gasteiger partial charge in [0.2, 0.25) is 11.8 Å². The number of unbranched alkanes of at least 4 members (excludes halogenated alkanes) is 1. The molecule has 11 atom stereocenters. The lowest BCUT2D eigenvalue weighted by Gasteiger charge is -2.39. The predicted molar refractivity (Wildman–Crippen MR) is 134 cm³/mol. The molecule has 17 heteroatoms. The molecule has 2 fully saturated rings. The van der Waals surface area contributed by atoms with Crippen LogP contribution in [0.5, 0.6) is 0 Å². The molecule has 41 heavy (non-hydrogen) atoms. The first-order valence-corrected chi connectivity index (χ1v) is 13.4. The Morgan fingerprint density at radius 3 is 1.68 bits per heavy atom. The fourth-order valence-electron chi connectivity index (χ4n) is 4.20. The average Bonchev–Trinajstić information content (AvgIpc) is 2.96. The largest absolute Gasteiger partial charge is 0.394 e. The van der Waals surface area contributed by atoms with E-state index in [1.165, 1.54) is 0 Å². The van der Waals surface area contributed by atoms with Crippen molar-refractivity contribution in [1.82, 2.24) is 10.6 Å². The maximum absolute atomic E-state index is 12.1. The lowest BCUT2D eigenvalue weighted by atomic mass is 9.99. The van der Waals surface area contributed by atoms with Crippen molar-refractivity contribution in [3.05, 3.63) is 0 Å². The fourth-order valence-corrected chi connectivity index (χ4v) is 4.20. The van der Waals surface area contributed by atoms with E-state index >= 15 is 0 Å². The minimum absolute atomic E-state index is 0.0900. The molecular formula is C24H42N2O15. The van der Waals surface area contributed by atoms with Crippen LogP contribution in [-0.2, 0) is 33.3 Å². The van der Waals surface area contributed by atoms with Gasteiger partial charge < -0.3 is 75.2 Å². The molecule has 0 aliphatic carbocycles. The van der Waals surface area contributed by atoms with Gasteiger partial charge in [0, 0.05) is 6.54 Å². The van der Waals surface area contributed by atoms with Gasteiger partial charge >= 0.3 is 0 Å². The highest BCUT2D eigenvalue weighted by atomic mass is 16.7. The first-order valence-electron chi connectivity index (χ1n) is 13.4. The minimum Gasteiger partial charge on any atom is -0.394 e. The smallest absolute Gasteiger partial charge is 0.222 e. The first-order chi connectivity index (χ1) is 19.5. The monoisotopic (exact) mass is 598 g/mol.